The SMILES string of the molecule is C[C@@H](CC(C)(C)[Si](C)(C)O)C(N)=O. The lowest BCUT2D eigenvalue weighted by Gasteiger charge is -2.36. The predicted octanol–water partition coefficient (Wildman–Crippen LogP) is 1.48. The Bertz CT molecular complexity index is 196. The monoisotopic (exact) mass is 203 g/mol. The fraction of sp³-hybridized carbons (Fsp3) is 0.889. The summed E-state index contributed by atoms with van der Waals surface area (Å²) in [5, 5.41) is -0.165. The van der Waals surface area contributed by atoms with Crippen molar-refractivity contribution in [3.8, 4) is 0 Å². The van der Waals surface area contributed by atoms with E-state index in [0.717, 1.165) is 0 Å². The standard InChI is InChI=1S/C9H21NO2Si/c1-7(8(10)11)6-9(2,3)13(4,5)12/h7,12H,6H2,1-5H3,(H2,10,11)/t7-/m0/s1. The molecule has 0 aromatic carbocycles. The van der Waals surface area contributed by atoms with Crippen LogP contribution in [0.5, 0.6) is 0 Å². The van der Waals surface area contributed by atoms with E-state index in [1.54, 1.807) is 0 Å². The number of hydrogen-bond acceptors (Lipinski definition) is 2. The molecule has 0 saturated carbocycles. The van der Waals surface area contributed by atoms with Gasteiger partial charge in [-0.1, -0.05) is 20.8 Å². The van der Waals surface area contributed by atoms with Crippen LogP contribution in [-0.4, -0.2) is 19.0 Å². The number of carbonyl (C=O) groups excluding carboxylic acids is 1. The molecule has 0 unspecified atom stereocenters. The van der Waals surface area contributed by atoms with Crippen LogP contribution in [0.15, 0.2) is 0 Å². The van der Waals surface area contributed by atoms with Crippen LogP contribution < -0.4 is 5.73 Å². The highest BCUT2D eigenvalue weighted by Gasteiger charge is 2.39. The molecule has 1 atom stereocenters. The Morgan fingerprint density at radius 1 is 1.54 bits per heavy atom. The summed E-state index contributed by atoms with van der Waals surface area (Å²) in [6, 6.07) is 0. The lowest BCUT2D eigenvalue weighted by atomic mass is 9.97. The van der Waals surface area contributed by atoms with Gasteiger partial charge in [0, 0.05) is 5.92 Å². The molecule has 78 valence electrons. The van der Waals surface area contributed by atoms with Crippen molar-refractivity contribution in [1.29, 1.82) is 0 Å². The molecular formula is C9H21NO2Si. The van der Waals surface area contributed by atoms with E-state index >= 15 is 0 Å². The van der Waals surface area contributed by atoms with Gasteiger partial charge in [-0.3, -0.25) is 4.79 Å². The molecule has 0 saturated heterocycles. The first-order chi connectivity index (χ1) is 5.58. The third kappa shape index (κ3) is 3.48. The molecule has 0 aliphatic carbocycles. The van der Waals surface area contributed by atoms with Crippen LogP contribution in [0.4, 0.5) is 0 Å². The Balaban J connectivity index is 4.43. The molecule has 3 nitrogen and oxygen atoms in total. The lowest BCUT2D eigenvalue weighted by molar-refractivity contribution is -0.121. The molecule has 0 rings (SSSR count). The van der Waals surface area contributed by atoms with Gasteiger partial charge >= 0.3 is 0 Å². The second-order valence-corrected chi connectivity index (χ2v) is 9.42. The van der Waals surface area contributed by atoms with Gasteiger partial charge in [-0.2, -0.15) is 0 Å². The normalized spacial score (nSPS) is 15.5. The van der Waals surface area contributed by atoms with Crippen LogP contribution in [0, 0.1) is 5.92 Å². The van der Waals surface area contributed by atoms with Crippen molar-refractivity contribution in [3.05, 3.63) is 0 Å². The zero-order valence-corrected chi connectivity index (χ0v) is 10.2. The molecule has 0 spiro atoms. The minimum atomic E-state index is -2.20. The van der Waals surface area contributed by atoms with Gasteiger partial charge in [0.25, 0.3) is 0 Å². The number of primary amides is 1. The summed E-state index contributed by atoms with van der Waals surface area (Å²) in [5.74, 6) is -0.444. The predicted molar refractivity (Wildman–Crippen MR) is 56.7 cm³/mol. The van der Waals surface area contributed by atoms with E-state index in [-0.39, 0.29) is 16.9 Å². The maximum absolute atomic E-state index is 10.9. The van der Waals surface area contributed by atoms with E-state index in [1.165, 1.54) is 0 Å². The van der Waals surface area contributed by atoms with Crippen molar-refractivity contribution in [2.75, 3.05) is 0 Å². The van der Waals surface area contributed by atoms with Crippen LogP contribution in [-0.2, 0) is 4.79 Å². The number of carbonyl (C=O) groups is 1. The third-order valence-electron chi connectivity index (χ3n) is 2.96. The van der Waals surface area contributed by atoms with Crippen LogP contribution in [0.2, 0.25) is 18.1 Å². The molecule has 0 bridgehead atoms. The summed E-state index contributed by atoms with van der Waals surface area (Å²) in [7, 11) is -2.20. The molecule has 4 heteroatoms. The minimum absolute atomic E-state index is 0.158. The van der Waals surface area contributed by atoms with Gasteiger partial charge in [0.1, 0.15) is 0 Å². The van der Waals surface area contributed by atoms with Crippen molar-refractivity contribution in [2.45, 2.75) is 45.3 Å². The molecular weight excluding hydrogens is 182 g/mol. The summed E-state index contributed by atoms with van der Waals surface area (Å²) in [6.07, 6.45) is 0.665. The van der Waals surface area contributed by atoms with Gasteiger partial charge in [0.15, 0.2) is 8.32 Å². The zero-order valence-electron chi connectivity index (χ0n) is 9.22. The molecule has 0 heterocycles. The van der Waals surface area contributed by atoms with E-state index in [0.29, 0.717) is 6.42 Å². The minimum Gasteiger partial charge on any atom is -0.432 e. The highest BCUT2D eigenvalue weighted by Crippen LogP contribution is 2.41. The largest absolute Gasteiger partial charge is 0.432 e. The Morgan fingerprint density at radius 2 is 1.92 bits per heavy atom. The van der Waals surface area contributed by atoms with Crippen LogP contribution >= 0.6 is 0 Å². The second-order valence-electron chi connectivity index (χ2n) is 4.95. The molecule has 0 aromatic heterocycles. The molecule has 3 N–H and O–H groups in total. The molecule has 0 aliphatic heterocycles. The fourth-order valence-electron chi connectivity index (χ4n) is 1.12. The maximum Gasteiger partial charge on any atom is 0.220 e. The molecule has 1 amide bonds. The Kier molecular flexibility index (Phi) is 3.69. The average molecular weight is 203 g/mol. The zero-order chi connectivity index (χ0) is 10.9. The highest BCUT2D eigenvalue weighted by atomic mass is 28.4. The van der Waals surface area contributed by atoms with E-state index in [9.17, 15) is 9.59 Å². The fourth-order valence-corrected chi connectivity index (χ4v) is 1.92. The molecule has 13 heavy (non-hydrogen) atoms. The van der Waals surface area contributed by atoms with Gasteiger partial charge in [-0.15, -0.1) is 0 Å². The Morgan fingerprint density at radius 3 is 2.15 bits per heavy atom. The van der Waals surface area contributed by atoms with Crippen molar-refractivity contribution in [2.24, 2.45) is 11.7 Å². The van der Waals surface area contributed by atoms with E-state index in [1.807, 2.05) is 33.9 Å². The first-order valence-corrected chi connectivity index (χ1v) is 7.54. The van der Waals surface area contributed by atoms with E-state index < -0.39 is 8.32 Å². The van der Waals surface area contributed by atoms with Crippen molar-refractivity contribution in [3.63, 3.8) is 0 Å². The van der Waals surface area contributed by atoms with E-state index in [4.69, 9.17) is 5.73 Å². The van der Waals surface area contributed by atoms with Crippen molar-refractivity contribution >= 4 is 14.2 Å². The summed E-state index contributed by atoms with van der Waals surface area (Å²) >= 11 is 0. The Hall–Kier alpha value is -0.353. The smallest absolute Gasteiger partial charge is 0.220 e. The summed E-state index contributed by atoms with van der Waals surface area (Å²) in [5.41, 5.74) is 5.18. The number of rotatable bonds is 4. The molecule has 0 fully saturated rings. The summed E-state index contributed by atoms with van der Waals surface area (Å²) in [6.45, 7) is 9.59. The Labute approximate surface area is 81.5 Å². The highest BCUT2D eigenvalue weighted by molar-refractivity contribution is 6.72. The first kappa shape index (κ1) is 12.6. The van der Waals surface area contributed by atoms with E-state index in [2.05, 4.69) is 0 Å². The van der Waals surface area contributed by atoms with Crippen LogP contribution in [0.1, 0.15) is 27.2 Å². The number of nitrogens with two attached hydrogens (primary N) is 1. The average Bonchev–Trinajstić information content (AvgIpc) is 1.83. The molecule has 0 aliphatic rings. The van der Waals surface area contributed by atoms with Crippen molar-refractivity contribution < 1.29 is 9.59 Å². The quantitative estimate of drug-likeness (QED) is 0.680. The molecule has 0 radical (unpaired) electrons. The summed E-state index contributed by atoms with van der Waals surface area (Å²) in [4.78, 5) is 20.8. The van der Waals surface area contributed by atoms with Crippen molar-refractivity contribution in [1.82, 2.24) is 0 Å². The van der Waals surface area contributed by atoms with Gasteiger partial charge in [-0.05, 0) is 24.6 Å². The van der Waals surface area contributed by atoms with Crippen LogP contribution in [0.25, 0.3) is 0 Å². The van der Waals surface area contributed by atoms with Gasteiger partial charge in [-0.25, -0.2) is 0 Å². The topological polar surface area (TPSA) is 63.3 Å². The molecule has 0 aromatic rings. The lowest BCUT2D eigenvalue weighted by Crippen LogP contribution is -2.41. The van der Waals surface area contributed by atoms with Gasteiger partial charge in [0.05, 0.1) is 0 Å². The first-order valence-electron chi connectivity index (χ1n) is 4.59. The number of amides is 1. The van der Waals surface area contributed by atoms with Gasteiger partial charge in [0.2, 0.25) is 5.91 Å². The summed E-state index contributed by atoms with van der Waals surface area (Å²) < 4.78 is 0. The number of hydrogen-bond donors (Lipinski definition) is 2. The second kappa shape index (κ2) is 3.80. The van der Waals surface area contributed by atoms with Crippen LogP contribution in [0.3, 0.4) is 0 Å². The van der Waals surface area contributed by atoms with Gasteiger partial charge < -0.3 is 10.5 Å². The third-order valence-corrected chi connectivity index (χ3v) is 6.47. The maximum atomic E-state index is 10.9.